The van der Waals surface area contributed by atoms with Crippen molar-refractivity contribution in [3.63, 3.8) is 0 Å². The minimum atomic E-state index is -4.41. The minimum Gasteiger partial charge on any atom is -0.263 e. The van der Waals surface area contributed by atoms with E-state index >= 15 is 0 Å². The highest BCUT2D eigenvalue weighted by Crippen LogP contribution is 2.28. The second-order valence-electron chi connectivity index (χ2n) is 3.68. The number of hydrogen-bond donors (Lipinski definition) is 1. The molecule has 0 aliphatic carbocycles. The Morgan fingerprint density at radius 2 is 2.05 bits per heavy atom. The molecule has 1 aromatic carbocycles. The second kappa shape index (κ2) is 5.58. The highest BCUT2D eigenvalue weighted by molar-refractivity contribution is 7.92. The fourth-order valence-electron chi connectivity index (χ4n) is 1.47. The van der Waals surface area contributed by atoms with Crippen molar-refractivity contribution in [3.05, 3.63) is 51.7 Å². The number of anilines is 1. The highest BCUT2D eigenvalue weighted by Gasteiger charge is 2.29. The number of nitrogens with zero attached hydrogens (tertiary/aromatic N) is 3. The van der Waals surface area contributed by atoms with Crippen molar-refractivity contribution >= 4 is 33.1 Å². The van der Waals surface area contributed by atoms with Crippen molar-refractivity contribution in [2.45, 2.75) is 4.90 Å². The number of para-hydroxylation sites is 1. The summed E-state index contributed by atoms with van der Waals surface area (Å²) in [5.74, 6) is -1.46. The van der Waals surface area contributed by atoms with Crippen molar-refractivity contribution in [2.24, 2.45) is 0 Å². The molecule has 0 amide bonds. The number of rotatable bonds is 4. The Hall–Kier alpha value is -2.33. The number of halogens is 2. The Kier molecular flexibility index (Phi) is 4.00. The summed E-state index contributed by atoms with van der Waals surface area (Å²) in [6.45, 7) is 0. The van der Waals surface area contributed by atoms with Crippen molar-refractivity contribution in [1.82, 2.24) is 9.97 Å². The summed E-state index contributed by atoms with van der Waals surface area (Å²) in [7, 11) is -4.41. The van der Waals surface area contributed by atoms with Crippen molar-refractivity contribution in [3.8, 4) is 0 Å². The molecule has 2 rings (SSSR count). The van der Waals surface area contributed by atoms with Gasteiger partial charge in [-0.25, -0.2) is 18.4 Å². The molecule has 1 aromatic heterocycles. The first kappa shape index (κ1) is 15.1. The molecule has 2 aromatic rings. The fourth-order valence-corrected chi connectivity index (χ4v) is 2.80. The third-order valence-corrected chi connectivity index (χ3v) is 3.89. The smallest absolute Gasteiger partial charge is 0.263 e. The zero-order valence-electron chi connectivity index (χ0n) is 10.0. The van der Waals surface area contributed by atoms with E-state index in [0.29, 0.717) is 0 Å². The Balaban J connectivity index is 2.50. The van der Waals surface area contributed by atoms with E-state index in [0.717, 1.165) is 30.6 Å². The fraction of sp³-hybridized carbons (Fsp3) is 0. The van der Waals surface area contributed by atoms with Gasteiger partial charge in [-0.2, -0.15) is 4.39 Å². The van der Waals surface area contributed by atoms with Crippen molar-refractivity contribution in [2.75, 3.05) is 4.72 Å². The SMILES string of the molecule is O=[N+]([O-])c1c(F)cccc1S(=O)(=O)Nc1cc(Cl)ncn1. The van der Waals surface area contributed by atoms with E-state index in [1.165, 1.54) is 0 Å². The maximum Gasteiger partial charge on any atom is 0.325 e. The van der Waals surface area contributed by atoms with Crippen molar-refractivity contribution in [1.29, 1.82) is 0 Å². The number of nitro benzene ring substituents is 1. The van der Waals surface area contributed by atoms with Crippen LogP contribution in [-0.4, -0.2) is 23.3 Å². The predicted octanol–water partition coefficient (Wildman–Crippen LogP) is 1.98. The molecular formula is C10H6ClFN4O4S. The monoisotopic (exact) mass is 332 g/mol. The van der Waals surface area contributed by atoms with Gasteiger partial charge >= 0.3 is 5.69 Å². The molecule has 8 nitrogen and oxygen atoms in total. The molecule has 110 valence electrons. The zero-order chi connectivity index (χ0) is 15.6. The third-order valence-electron chi connectivity index (χ3n) is 2.29. The lowest BCUT2D eigenvalue weighted by molar-refractivity contribution is -0.390. The molecule has 0 bridgehead atoms. The summed E-state index contributed by atoms with van der Waals surface area (Å²) >= 11 is 5.57. The van der Waals surface area contributed by atoms with E-state index < -0.39 is 31.3 Å². The molecule has 0 saturated carbocycles. The van der Waals surface area contributed by atoms with E-state index in [1.54, 1.807) is 0 Å². The topological polar surface area (TPSA) is 115 Å². The second-order valence-corrected chi connectivity index (χ2v) is 5.71. The number of nitro groups is 1. The lowest BCUT2D eigenvalue weighted by Gasteiger charge is -2.07. The first-order valence-electron chi connectivity index (χ1n) is 5.24. The van der Waals surface area contributed by atoms with Gasteiger partial charge in [-0.05, 0) is 12.1 Å². The lowest BCUT2D eigenvalue weighted by atomic mass is 10.3. The van der Waals surface area contributed by atoms with Crippen LogP contribution in [0.5, 0.6) is 0 Å². The standard InChI is InChI=1S/C10H6ClFN4O4S/c11-8-4-9(14-5-13-8)15-21(19,20)7-3-1-2-6(12)10(7)16(17)18/h1-5H,(H,13,14,15). The molecule has 0 fully saturated rings. The van der Waals surface area contributed by atoms with Crippen LogP contribution in [-0.2, 0) is 10.0 Å². The molecule has 0 atom stereocenters. The molecule has 21 heavy (non-hydrogen) atoms. The summed E-state index contributed by atoms with van der Waals surface area (Å²) in [4.78, 5) is 16.0. The van der Waals surface area contributed by atoms with E-state index in [-0.39, 0.29) is 11.0 Å². The molecule has 1 N–H and O–H groups in total. The quantitative estimate of drug-likeness (QED) is 0.520. The Bertz CT molecular complexity index is 814. The van der Waals surface area contributed by atoms with E-state index in [4.69, 9.17) is 11.6 Å². The van der Waals surface area contributed by atoms with Gasteiger partial charge < -0.3 is 0 Å². The van der Waals surface area contributed by atoms with Gasteiger partial charge in [0.05, 0.1) is 4.92 Å². The number of sulfonamides is 1. The average molecular weight is 333 g/mol. The predicted molar refractivity (Wildman–Crippen MR) is 70.9 cm³/mol. The zero-order valence-corrected chi connectivity index (χ0v) is 11.6. The molecule has 0 spiro atoms. The Morgan fingerprint density at radius 3 is 2.67 bits per heavy atom. The molecule has 0 aliphatic heterocycles. The number of aromatic nitrogens is 2. The molecule has 1 heterocycles. The summed E-state index contributed by atoms with van der Waals surface area (Å²) in [6, 6.07) is 3.85. The van der Waals surface area contributed by atoms with Gasteiger partial charge in [-0.15, -0.1) is 0 Å². The summed E-state index contributed by atoms with van der Waals surface area (Å²) in [5.41, 5.74) is -1.15. The third kappa shape index (κ3) is 3.23. The molecule has 11 heteroatoms. The van der Waals surface area contributed by atoms with Gasteiger partial charge in [-0.1, -0.05) is 17.7 Å². The normalized spacial score (nSPS) is 11.1. The number of hydrogen-bond acceptors (Lipinski definition) is 6. The van der Waals surface area contributed by atoms with Gasteiger partial charge in [0.15, 0.2) is 4.90 Å². The summed E-state index contributed by atoms with van der Waals surface area (Å²) < 4.78 is 39.6. The number of benzene rings is 1. The van der Waals surface area contributed by atoms with Crippen LogP contribution in [0.3, 0.4) is 0 Å². The van der Waals surface area contributed by atoms with Gasteiger partial charge in [-0.3, -0.25) is 14.8 Å². The van der Waals surface area contributed by atoms with Gasteiger partial charge in [0.25, 0.3) is 10.0 Å². The minimum absolute atomic E-state index is 0.0311. The maximum atomic E-state index is 13.5. The maximum absolute atomic E-state index is 13.5. The summed E-state index contributed by atoms with van der Waals surface area (Å²) in [6.07, 6.45) is 1.00. The molecule has 0 aliphatic rings. The lowest BCUT2D eigenvalue weighted by Crippen LogP contribution is -2.16. The van der Waals surface area contributed by atoms with Crippen LogP contribution in [0.25, 0.3) is 0 Å². The van der Waals surface area contributed by atoms with Gasteiger partial charge in [0.2, 0.25) is 5.82 Å². The summed E-state index contributed by atoms with van der Waals surface area (Å²) in [5, 5.41) is 10.8. The molecular weight excluding hydrogens is 327 g/mol. The first-order chi connectivity index (χ1) is 9.81. The first-order valence-corrected chi connectivity index (χ1v) is 7.10. The Labute approximate surface area is 122 Å². The van der Waals surface area contributed by atoms with E-state index in [1.807, 2.05) is 4.72 Å². The number of nitrogens with one attached hydrogen (secondary N) is 1. The van der Waals surface area contributed by atoms with Crippen LogP contribution in [0.15, 0.2) is 35.5 Å². The molecule has 0 saturated heterocycles. The highest BCUT2D eigenvalue weighted by atomic mass is 35.5. The van der Waals surface area contributed by atoms with Gasteiger partial charge in [0.1, 0.15) is 17.3 Å². The molecule has 0 radical (unpaired) electrons. The van der Waals surface area contributed by atoms with E-state index in [2.05, 4.69) is 9.97 Å². The molecule has 0 unspecified atom stereocenters. The van der Waals surface area contributed by atoms with Crippen LogP contribution < -0.4 is 4.72 Å². The van der Waals surface area contributed by atoms with Crippen molar-refractivity contribution < 1.29 is 17.7 Å². The van der Waals surface area contributed by atoms with Crippen LogP contribution in [0, 0.1) is 15.9 Å². The van der Waals surface area contributed by atoms with Crippen LogP contribution in [0.1, 0.15) is 0 Å². The van der Waals surface area contributed by atoms with Crippen LogP contribution in [0.4, 0.5) is 15.9 Å². The average Bonchev–Trinajstić information content (AvgIpc) is 2.37. The van der Waals surface area contributed by atoms with E-state index in [9.17, 15) is 22.9 Å². The van der Waals surface area contributed by atoms with Gasteiger partial charge in [0, 0.05) is 6.07 Å². The van der Waals surface area contributed by atoms with Crippen LogP contribution >= 0.6 is 11.6 Å². The Morgan fingerprint density at radius 1 is 1.33 bits per heavy atom. The largest absolute Gasteiger partial charge is 0.325 e. The van der Waals surface area contributed by atoms with Crippen LogP contribution in [0.2, 0.25) is 5.15 Å².